The molecule has 0 saturated heterocycles. The monoisotopic (exact) mass is 251 g/mol. The Morgan fingerprint density at radius 3 is 2.82 bits per heavy atom. The number of carbonyl (C=O) groups is 1. The second kappa shape index (κ2) is 4.67. The van der Waals surface area contributed by atoms with Gasteiger partial charge in [-0.3, -0.25) is 4.79 Å². The maximum absolute atomic E-state index is 12.1. The topological polar surface area (TPSA) is 59.2 Å². The number of hydrogen-bond donors (Lipinski definition) is 0. The predicted molar refractivity (Wildman–Crippen MR) is 63.9 cm³/mol. The first-order valence-electron chi connectivity index (χ1n) is 5.17. The summed E-state index contributed by atoms with van der Waals surface area (Å²) in [6.07, 6.45) is 1.52. The van der Waals surface area contributed by atoms with Crippen LogP contribution in [0.25, 0.3) is 0 Å². The Balaban J connectivity index is 2.11. The molecule has 2 aromatic rings. The molecular formula is C11H13N3O2S. The van der Waals surface area contributed by atoms with Crippen LogP contribution in [0.3, 0.4) is 0 Å². The first-order valence-corrected chi connectivity index (χ1v) is 5.94. The minimum atomic E-state index is -0.125. The number of amides is 1. The van der Waals surface area contributed by atoms with E-state index in [-0.39, 0.29) is 5.91 Å². The van der Waals surface area contributed by atoms with Crippen molar-refractivity contribution in [2.24, 2.45) is 0 Å². The summed E-state index contributed by atoms with van der Waals surface area (Å²) in [5.41, 5.74) is 1.71. The van der Waals surface area contributed by atoms with Crippen molar-refractivity contribution in [2.75, 3.05) is 7.05 Å². The third-order valence-electron chi connectivity index (χ3n) is 2.53. The van der Waals surface area contributed by atoms with Crippen molar-refractivity contribution in [3.8, 4) is 0 Å². The number of aryl methyl sites for hydroxylation is 2. The number of furan rings is 1. The van der Waals surface area contributed by atoms with Crippen LogP contribution in [0.5, 0.6) is 0 Å². The van der Waals surface area contributed by atoms with Gasteiger partial charge < -0.3 is 9.32 Å². The minimum Gasteiger partial charge on any atom is -0.459 e. The molecule has 0 aliphatic rings. The van der Waals surface area contributed by atoms with Crippen LogP contribution in [-0.4, -0.2) is 27.4 Å². The van der Waals surface area contributed by atoms with E-state index in [1.165, 1.54) is 17.8 Å². The van der Waals surface area contributed by atoms with E-state index < -0.39 is 0 Å². The molecule has 0 aliphatic heterocycles. The van der Waals surface area contributed by atoms with E-state index in [1.54, 1.807) is 18.0 Å². The average Bonchev–Trinajstić information content (AvgIpc) is 2.88. The van der Waals surface area contributed by atoms with Gasteiger partial charge in [-0.25, -0.2) is 0 Å². The molecule has 2 aromatic heterocycles. The first-order chi connectivity index (χ1) is 8.09. The van der Waals surface area contributed by atoms with Crippen molar-refractivity contribution in [3.05, 3.63) is 34.2 Å². The number of rotatable bonds is 3. The van der Waals surface area contributed by atoms with Gasteiger partial charge in [0.1, 0.15) is 0 Å². The summed E-state index contributed by atoms with van der Waals surface area (Å²) >= 11 is 1.31. The molecule has 0 radical (unpaired) electrons. The molecule has 0 spiro atoms. The van der Waals surface area contributed by atoms with Crippen molar-refractivity contribution in [2.45, 2.75) is 20.4 Å². The molecule has 6 heteroatoms. The lowest BCUT2D eigenvalue weighted by atomic mass is 10.2. The van der Waals surface area contributed by atoms with Crippen LogP contribution in [-0.2, 0) is 6.54 Å². The largest absolute Gasteiger partial charge is 0.459 e. The van der Waals surface area contributed by atoms with Crippen LogP contribution in [0.15, 0.2) is 16.7 Å². The van der Waals surface area contributed by atoms with Crippen LogP contribution >= 0.6 is 11.5 Å². The van der Waals surface area contributed by atoms with Gasteiger partial charge in [-0.05, 0) is 31.4 Å². The number of nitrogens with zero attached hydrogens (tertiary/aromatic N) is 3. The highest BCUT2D eigenvalue weighted by atomic mass is 32.1. The van der Waals surface area contributed by atoms with Gasteiger partial charge in [-0.2, -0.15) is 0 Å². The lowest BCUT2D eigenvalue weighted by Crippen LogP contribution is -2.26. The standard InChI is InChI=1S/C11H13N3O2S/c1-7-4-5-16-10(7)11(15)14(3)6-9-8(2)12-13-17-9/h4-5H,6H2,1-3H3. The Labute approximate surface area is 103 Å². The second-order valence-electron chi connectivity index (χ2n) is 3.88. The molecule has 2 rings (SSSR count). The SMILES string of the molecule is Cc1ccoc1C(=O)N(C)Cc1snnc1C. The van der Waals surface area contributed by atoms with E-state index in [9.17, 15) is 4.79 Å². The van der Waals surface area contributed by atoms with Gasteiger partial charge in [0.15, 0.2) is 5.76 Å². The predicted octanol–water partition coefficient (Wildman–Crippen LogP) is 2.02. The van der Waals surface area contributed by atoms with E-state index in [0.29, 0.717) is 12.3 Å². The third kappa shape index (κ3) is 2.36. The number of hydrogen-bond acceptors (Lipinski definition) is 5. The molecule has 90 valence electrons. The molecule has 0 aliphatic carbocycles. The fourth-order valence-electron chi connectivity index (χ4n) is 1.45. The summed E-state index contributed by atoms with van der Waals surface area (Å²) in [7, 11) is 1.74. The van der Waals surface area contributed by atoms with Gasteiger partial charge >= 0.3 is 0 Å². The Hall–Kier alpha value is -1.69. The molecule has 0 fully saturated rings. The summed E-state index contributed by atoms with van der Waals surface area (Å²) in [5, 5.41) is 3.92. The quantitative estimate of drug-likeness (QED) is 0.837. The Kier molecular flexibility index (Phi) is 3.23. The molecular weight excluding hydrogens is 238 g/mol. The van der Waals surface area contributed by atoms with Crippen LogP contribution in [0.2, 0.25) is 0 Å². The fourth-order valence-corrected chi connectivity index (χ4v) is 2.13. The van der Waals surface area contributed by atoms with E-state index in [2.05, 4.69) is 9.59 Å². The third-order valence-corrected chi connectivity index (χ3v) is 3.34. The molecule has 2 heterocycles. The van der Waals surface area contributed by atoms with Crippen molar-refractivity contribution in [3.63, 3.8) is 0 Å². The van der Waals surface area contributed by atoms with Gasteiger partial charge in [0, 0.05) is 12.6 Å². The smallest absolute Gasteiger partial charge is 0.289 e. The van der Waals surface area contributed by atoms with Crippen molar-refractivity contribution in [1.29, 1.82) is 0 Å². The molecule has 0 unspecified atom stereocenters. The lowest BCUT2D eigenvalue weighted by Gasteiger charge is -2.14. The molecule has 1 amide bonds. The van der Waals surface area contributed by atoms with Crippen molar-refractivity contribution >= 4 is 17.4 Å². The van der Waals surface area contributed by atoms with Crippen LogP contribution in [0.1, 0.15) is 26.7 Å². The highest BCUT2D eigenvalue weighted by Gasteiger charge is 2.18. The zero-order chi connectivity index (χ0) is 12.4. The molecule has 0 saturated carbocycles. The van der Waals surface area contributed by atoms with Gasteiger partial charge in [0.25, 0.3) is 5.91 Å². The fraction of sp³-hybridized carbons (Fsp3) is 0.364. The number of aromatic nitrogens is 2. The molecule has 0 atom stereocenters. The van der Waals surface area contributed by atoms with Crippen LogP contribution in [0, 0.1) is 13.8 Å². The van der Waals surface area contributed by atoms with Gasteiger partial charge in [-0.15, -0.1) is 5.10 Å². The van der Waals surface area contributed by atoms with Gasteiger partial charge in [0.05, 0.1) is 23.4 Å². The molecule has 0 N–H and O–H groups in total. The van der Waals surface area contributed by atoms with E-state index in [0.717, 1.165) is 16.1 Å². The van der Waals surface area contributed by atoms with Crippen molar-refractivity contribution in [1.82, 2.24) is 14.5 Å². The van der Waals surface area contributed by atoms with Crippen LogP contribution in [0.4, 0.5) is 0 Å². The zero-order valence-electron chi connectivity index (χ0n) is 9.93. The molecule has 5 nitrogen and oxygen atoms in total. The molecule has 17 heavy (non-hydrogen) atoms. The van der Waals surface area contributed by atoms with Gasteiger partial charge in [-0.1, -0.05) is 4.49 Å². The Morgan fingerprint density at radius 1 is 1.53 bits per heavy atom. The molecule has 0 bridgehead atoms. The zero-order valence-corrected chi connectivity index (χ0v) is 10.7. The summed E-state index contributed by atoms with van der Waals surface area (Å²) in [6, 6.07) is 1.78. The van der Waals surface area contributed by atoms with E-state index in [1.807, 2.05) is 13.8 Å². The Morgan fingerprint density at radius 2 is 2.29 bits per heavy atom. The van der Waals surface area contributed by atoms with E-state index >= 15 is 0 Å². The Bertz CT molecular complexity index is 532. The summed E-state index contributed by atoms with van der Waals surface area (Å²) in [5.74, 6) is 0.267. The summed E-state index contributed by atoms with van der Waals surface area (Å²) < 4.78 is 9.02. The average molecular weight is 251 g/mol. The maximum atomic E-state index is 12.1. The highest BCUT2D eigenvalue weighted by Crippen LogP contribution is 2.16. The second-order valence-corrected chi connectivity index (χ2v) is 4.71. The minimum absolute atomic E-state index is 0.125. The van der Waals surface area contributed by atoms with Crippen LogP contribution < -0.4 is 0 Å². The summed E-state index contributed by atoms with van der Waals surface area (Å²) in [6.45, 7) is 4.24. The normalized spacial score (nSPS) is 10.5. The summed E-state index contributed by atoms with van der Waals surface area (Å²) in [4.78, 5) is 14.7. The van der Waals surface area contributed by atoms with Gasteiger partial charge in [0.2, 0.25) is 0 Å². The van der Waals surface area contributed by atoms with E-state index in [4.69, 9.17) is 4.42 Å². The first kappa shape index (κ1) is 11.8. The number of carbonyl (C=O) groups excluding carboxylic acids is 1. The maximum Gasteiger partial charge on any atom is 0.289 e. The highest BCUT2D eigenvalue weighted by molar-refractivity contribution is 7.05. The molecule has 0 aromatic carbocycles. The lowest BCUT2D eigenvalue weighted by molar-refractivity contribution is 0.0753. The van der Waals surface area contributed by atoms with Crippen molar-refractivity contribution < 1.29 is 9.21 Å².